The minimum atomic E-state index is -4.44. The van der Waals surface area contributed by atoms with Crippen LogP contribution in [0.5, 0.6) is 5.75 Å². The summed E-state index contributed by atoms with van der Waals surface area (Å²) in [6.45, 7) is 2.33. The van der Waals surface area contributed by atoms with Gasteiger partial charge in [0.25, 0.3) is 0 Å². The Morgan fingerprint density at radius 1 is 1.26 bits per heavy atom. The molecule has 11 heteroatoms. The van der Waals surface area contributed by atoms with E-state index in [1.165, 1.54) is 24.3 Å². The topological polar surface area (TPSA) is 58.5 Å². The van der Waals surface area contributed by atoms with Crippen LogP contribution in [-0.2, 0) is 12.7 Å². The zero-order chi connectivity index (χ0) is 19.2. The van der Waals surface area contributed by atoms with Crippen molar-refractivity contribution in [3.63, 3.8) is 0 Å². The third kappa shape index (κ3) is 7.87. The molecule has 0 amide bonds. The fourth-order valence-electron chi connectivity index (χ4n) is 1.93. The van der Waals surface area contributed by atoms with Crippen LogP contribution >= 0.6 is 35.3 Å². The molecule has 1 unspecified atom stereocenters. The fraction of sp³-hybridized carbons (Fsp3) is 0.375. The van der Waals surface area contributed by atoms with Gasteiger partial charge in [0.2, 0.25) is 0 Å². The second-order valence-electron chi connectivity index (χ2n) is 5.31. The average molecular weight is 518 g/mol. The number of hydrogen-bond acceptors (Lipinski definition) is 4. The molecule has 0 aliphatic carbocycles. The van der Waals surface area contributed by atoms with Crippen LogP contribution in [0.2, 0.25) is 0 Å². The minimum Gasteiger partial charge on any atom is -0.489 e. The Hall–Kier alpha value is -1.63. The van der Waals surface area contributed by atoms with Gasteiger partial charge in [-0.25, -0.2) is 9.37 Å². The summed E-state index contributed by atoms with van der Waals surface area (Å²) in [5.74, 6) is 0.595. The second-order valence-corrected chi connectivity index (χ2v) is 6.26. The van der Waals surface area contributed by atoms with Crippen molar-refractivity contribution in [1.29, 1.82) is 0 Å². The largest absolute Gasteiger partial charge is 0.489 e. The summed E-state index contributed by atoms with van der Waals surface area (Å²) in [5, 5.41) is 7.17. The molecule has 1 aromatic carbocycles. The van der Waals surface area contributed by atoms with Crippen LogP contribution in [0.1, 0.15) is 17.6 Å². The summed E-state index contributed by atoms with van der Waals surface area (Å²) < 4.78 is 56.1. The van der Waals surface area contributed by atoms with Crippen molar-refractivity contribution in [3.05, 3.63) is 46.2 Å². The molecule has 1 atom stereocenters. The number of ether oxygens (including phenoxy) is 1. The normalized spacial score (nSPS) is 12.9. The lowest BCUT2D eigenvalue weighted by atomic mass is 10.3. The van der Waals surface area contributed by atoms with E-state index in [9.17, 15) is 17.6 Å². The monoisotopic (exact) mass is 518 g/mol. The Labute approximate surface area is 175 Å². The molecule has 0 bridgehead atoms. The highest BCUT2D eigenvalue weighted by Crippen LogP contribution is 2.29. The molecule has 0 saturated heterocycles. The molecule has 0 aliphatic heterocycles. The van der Waals surface area contributed by atoms with Crippen molar-refractivity contribution in [3.8, 4) is 5.75 Å². The van der Waals surface area contributed by atoms with E-state index in [4.69, 9.17) is 4.74 Å². The first kappa shape index (κ1) is 23.4. The van der Waals surface area contributed by atoms with E-state index in [2.05, 4.69) is 20.6 Å². The van der Waals surface area contributed by atoms with Crippen LogP contribution in [0.25, 0.3) is 0 Å². The quantitative estimate of drug-likeness (QED) is 0.262. The lowest BCUT2D eigenvalue weighted by molar-refractivity contribution is -0.140. The highest BCUT2D eigenvalue weighted by Gasteiger charge is 2.33. The lowest BCUT2D eigenvalue weighted by Gasteiger charge is -2.17. The molecule has 2 aromatic rings. The van der Waals surface area contributed by atoms with E-state index in [0.717, 1.165) is 16.7 Å². The summed E-state index contributed by atoms with van der Waals surface area (Å²) in [5.41, 5.74) is -0.899. The SMILES string of the molecule is CN=C(NCc1nc(C(F)(F)F)cs1)NCC(C)Oc1ccc(F)cc1.I. The Kier molecular flexibility index (Phi) is 9.22. The van der Waals surface area contributed by atoms with E-state index < -0.39 is 11.9 Å². The van der Waals surface area contributed by atoms with Gasteiger partial charge in [0.15, 0.2) is 11.7 Å². The maximum absolute atomic E-state index is 12.9. The van der Waals surface area contributed by atoms with Crippen LogP contribution < -0.4 is 15.4 Å². The molecule has 0 radical (unpaired) electrons. The molecule has 1 aromatic heterocycles. The van der Waals surface area contributed by atoms with Gasteiger partial charge in [0.05, 0.1) is 13.1 Å². The molecule has 2 N–H and O–H groups in total. The molecular formula is C16H19F4IN4OS. The molecule has 0 spiro atoms. The number of guanidine groups is 1. The van der Waals surface area contributed by atoms with Crippen molar-refractivity contribution < 1.29 is 22.3 Å². The van der Waals surface area contributed by atoms with Gasteiger partial charge < -0.3 is 15.4 Å². The molecule has 5 nitrogen and oxygen atoms in total. The van der Waals surface area contributed by atoms with E-state index in [-0.39, 0.29) is 42.4 Å². The number of aliphatic imine (C=N–C) groups is 1. The van der Waals surface area contributed by atoms with E-state index >= 15 is 0 Å². The maximum atomic E-state index is 12.9. The van der Waals surface area contributed by atoms with Crippen LogP contribution in [0, 0.1) is 5.82 Å². The van der Waals surface area contributed by atoms with Gasteiger partial charge in [-0.05, 0) is 31.2 Å². The first-order chi connectivity index (χ1) is 12.3. The van der Waals surface area contributed by atoms with Crippen LogP contribution in [-0.4, -0.2) is 30.6 Å². The van der Waals surface area contributed by atoms with Crippen LogP contribution in [0.4, 0.5) is 17.6 Å². The van der Waals surface area contributed by atoms with Crippen molar-refractivity contribution in [2.24, 2.45) is 4.99 Å². The first-order valence-corrected chi connectivity index (χ1v) is 8.54. The van der Waals surface area contributed by atoms with E-state index in [1.54, 1.807) is 7.05 Å². The summed E-state index contributed by atoms with van der Waals surface area (Å²) in [7, 11) is 1.55. The third-order valence-corrected chi connectivity index (χ3v) is 4.03. The second kappa shape index (κ2) is 10.6. The molecule has 2 rings (SSSR count). The van der Waals surface area contributed by atoms with Gasteiger partial charge in [-0.1, -0.05) is 0 Å². The van der Waals surface area contributed by atoms with Gasteiger partial charge in [0.1, 0.15) is 22.7 Å². The van der Waals surface area contributed by atoms with Crippen LogP contribution in [0.15, 0.2) is 34.6 Å². The standard InChI is InChI=1S/C16H18F4N4OS.HI/c1-10(25-12-5-3-11(17)4-6-12)7-22-15(21-2)23-8-14-24-13(9-26-14)16(18,19)20;/h3-6,9-10H,7-8H2,1-2H3,(H2,21,22,23);1H. The predicted octanol–water partition coefficient (Wildman–Crippen LogP) is 4.05. The molecule has 0 fully saturated rings. The van der Waals surface area contributed by atoms with Crippen molar-refractivity contribution in [1.82, 2.24) is 15.6 Å². The van der Waals surface area contributed by atoms with Crippen molar-refractivity contribution in [2.75, 3.05) is 13.6 Å². The third-order valence-electron chi connectivity index (χ3n) is 3.18. The number of thiazole rings is 1. The van der Waals surface area contributed by atoms with E-state index in [0.29, 0.717) is 23.3 Å². The number of benzene rings is 1. The zero-order valence-electron chi connectivity index (χ0n) is 14.5. The van der Waals surface area contributed by atoms with Gasteiger partial charge in [-0.3, -0.25) is 4.99 Å². The summed E-state index contributed by atoms with van der Waals surface area (Å²) in [6.07, 6.45) is -4.68. The number of rotatable bonds is 6. The number of alkyl halides is 3. The molecule has 0 aliphatic rings. The lowest BCUT2D eigenvalue weighted by Crippen LogP contribution is -2.41. The van der Waals surface area contributed by atoms with Gasteiger partial charge >= 0.3 is 6.18 Å². The smallest absolute Gasteiger partial charge is 0.434 e. The molecular weight excluding hydrogens is 499 g/mol. The minimum absolute atomic E-state index is 0. The number of aromatic nitrogens is 1. The summed E-state index contributed by atoms with van der Waals surface area (Å²) in [6, 6.07) is 5.66. The fourth-order valence-corrected chi connectivity index (χ4v) is 2.67. The number of nitrogens with zero attached hydrogens (tertiary/aromatic N) is 2. The number of halogens is 5. The number of hydrogen-bond donors (Lipinski definition) is 2. The molecule has 150 valence electrons. The molecule has 27 heavy (non-hydrogen) atoms. The summed E-state index contributed by atoms with van der Waals surface area (Å²) in [4.78, 5) is 7.53. The van der Waals surface area contributed by atoms with Gasteiger partial charge in [-0.15, -0.1) is 35.3 Å². The Bertz CT molecular complexity index is 737. The summed E-state index contributed by atoms with van der Waals surface area (Å²) >= 11 is 0.924. The highest BCUT2D eigenvalue weighted by molar-refractivity contribution is 14.0. The van der Waals surface area contributed by atoms with E-state index in [1.807, 2.05) is 6.92 Å². The zero-order valence-corrected chi connectivity index (χ0v) is 17.7. The van der Waals surface area contributed by atoms with Crippen molar-refractivity contribution >= 4 is 41.3 Å². The Morgan fingerprint density at radius 2 is 1.93 bits per heavy atom. The molecule has 0 saturated carbocycles. The predicted molar refractivity (Wildman–Crippen MR) is 107 cm³/mol. The first-order valence-electron chi connectivity index (χ1n) is 7.66. The average Bonchev–Trinajstić information content (AvgIpc) is 3.06. The Morgan fingerprint density at radius 3 is 2.48 bits per heavy atom. The Balaban J connectivity index is 0.00000364. The molecule has 1 heterocycles. The van der Waals surface area contributed by atoms with Gasteiger partial charge in [0, 0.05) is 12.4 Å². The maximum Gasteiger partial charge on any atom is 0.434 e. The van der Waals surface area contributed by atoms with Gasteiger partial charge in [-0.2, -0.15) is 13.2 Å². The highest BCUT2D eigenvalue weighted by atomic mass is 127. The van der Waals surface area contributed by atoms with Crippen LogP contribution in [0.3, 0.4) is 0 Å². The number of nitrogens with one attached hydrogen (secondary N) is 2. The van der Waals surface area contributed by atoms with Crippen molar-refractivity contribution in [2.45, 2.75) is 25.7 Å².